The third-order valence-corrected chi connectivity index (χ3v) is 1.68. The van der Waals surface area contributed by atoms with Crippen molar-refractivity contribution in [3.05, 3.63) is 11.1 Å². The highest BCUT2D eigenvalue weighted by Crippen LogP contribution is 2.10. The Bertz CT molecular complexity index is 157. The molecule has 0 atom stereocenters. The molecule has 0 aliphatic rings. The van der Waals surface area contributed by atoms with E-state index in [4.69, 9.17) is 5.11 Å². The van der Waals surface area contributed by atoms with Crippen LogP contribution in [0.2, 0.25) is 0 Å². The van der Waals surface area contributed by atoms with Crippen molar-refractivity contribution < 1.29 is 9.90 Å². The first-order valence-corrected chi connectivity index (χ1v) is 3.45. The van der Waals surface area contributed by atoms with E-state index in [2.05, 4.69) is 0 Å². The summed E-state index contributed by atoms with van der Waals surface area (Å²) in [5.41, 5.74) is 2.16. The molecule has 2 heteroatoms. The molecule has 0 fully saturated rings. The summed E-state index contributed by atoms with van der Waals surface area (Å²) in [6, 6.07) is 0. The van der Waals surface area contributed by atoms with Gasteiger partial charge in [-0.25, -0.2) is 0 Å². The van der Waals surface area contributed by atoms with Gasteiger partial charge in [0.15, 0.2) is 0 Å². The first-order valence-electron chi connectivity index (χ1n) is 3.45. The van der Waals surface area contributed by atoms with Gasteiger partial charge in [-0.3, -0.25) is 4.79 Å². The highest BCUT2D eigenvalue weighted by Gasteiger charge is 2.00. The number of hydrogen-bond acceptors (Lipinski definition) is 1. The lowest BCUT2D eigenvalue weighted by molar-refractivity contribution is -0.136. The second kappa shape index (κ2) is 4.09. The van der Waals surface area contributed by atoms with Crippen LogP contribution in [0.15, 0.2) is 11.1 Å². The molecule has 10 heavy (non-hydrogen) atoms. The fourth-order valence-electron chi connectivity index (χ4n) is 0.680. The summed E-state index contributed by atoms with van der Waals surface area (Å²) in [4.78, 5) is 10.2. The van der Waals surface area contributed by atoms with Crippen molar-refractivity contribution in [3.63, 3.8) is 0 Å². The molecule has 0 aliphatic heterocycles. The Morgan fingerprint density at radius 1 is 1.30 bits per heavy atom. The molecule has 0 saturated carbocycles. The monoisotopic (exact) mass is 142 g/mol. The molecule has 0 aromatic carbocycles. The zero-order valence-corrected chi connectivity index (χ0v) is 6.77. The number of carboxylic acid groups (broad SMARTS) is 1. The zero-order valence-electron chi connectivity index (χ0n) is 6.77. The Kier molecular flexibility index (Phi) is 3.77. The molecule has 0 bridgehead atoms. The first-order chi connectivity index (χ1) is 4.57. The van der Waals surface area contributed by atoms with Crippen LogP contribution in [0.4, 0.5) is 0 Å². The van der Waals surface area contributed by atoms with E-state index in [0.717, 1.165) is 12.0 Å². The predicted octanol–water partition coefficient (Wildman–Crippen LogP) is 2.21. The van der Waals surface area contributed by atoms with Gasteiger partial charge in [-0.15, -0.1) is 0 Å². The quantitative estimate of drug-likeness (QED) is 0.613. The summed E-state index contributed by atoms with van der Waals surface area (Å²) in [7, 11) is 0. The Morgan fingerprint density at radius 3 is 2.10 bits per heavy atom. The molecule has 0 heterocycles. The van der Waals surface area contributed by atoms with Crippen LogP contribution in [0.1, 0.15) is 33.6 Å². The normalized spacial score (nSPS) is 12.7. The molecule has 58 valence electrons. The van der Waals surface area contributed by atoms with Crippen molar-refractivity contribution >= 4 is 5.97 Å². The lowest BCUT2D eigenvalue weighted by Gasteiger charge is -2.00. The summed E-state index contributed by atoms with van der Waals surface area (Å²) in [6.45, 7) is 5.87. The summed E-state index contributed by atoms with van der Waals surface area (Å²) in [6.07, 6.45) is 1.12. The van der Waals surface area contributed by atoms with Gasteiger partial charge in [0.25, 0.3) is 0 Å². The minimum Gasteiger partial charge on any atom is -0.481 e. The van der Waals surface area contributed by atoms with Crippen LogP contribution >= 0.6 is 0 Å². The number of rotatable bonds is 3. The van der Waals surface area contributed by atoms with Crippen molar-refractivity contribution in [1.29, 1.82) is 0 Å². The SMILES string of the molecule is CC/C(C)=C(/C)CC(=O)O. The average Bonchev–Trinajstić information content (AvgIpc) is 1.85. The molecule has 0 saturated heterocycles. The minimum atomic E-state index is -0.745. The molecular weight excluding hydrogens is 128 g/mol. The molecule has 0 aliphatic carbocycles. The van der Waals surface area contributed by atoms with Gasteiger partial charge >= 0.3 is 5.97 Å². The highest BCUT2D eigenvalue weighted by atomic mass is 16.4. The van der Waals surface area contributed by atoms with E-state index < -0.39 is 5.97 Å². The number of allylic oxidation sites excluding steroid dienone is 1. The first kappa shape index (κ1) is 9.21. The van der Waals surface area contributed by atoms with Gasteiger partial charge < -0.3 is 5.11 Å². The van der Waals surface area contributed by atoms with E-state index in [9.17, 15) is 4.79 Å². The van der Waals surface area contributed by atoms with Crippen LogP contribution in [0, 0.1) is 0 Å². The maximum atomic E-state index is 10.2. The second-order valence-electron chi connectivity index (χ2n) is 2.48. The standard InChI is InChI=1S/C8H14O2/c1-4-6(2)7(3)5-8(9)10/h4-5H2,1-3H3,(H,9,10)/b7-6-. The number of hydrogen-bond donors (Lipinski definition) is 1. The van der Waals surface area contributed by atoms with Gasteiger partial charge in [-0.1, -0.05) is 18.1 Å². The second-order valence-corrected chi connectivity index (χ2v) is 2.48. The maximum Gasteiger partial charge on any atom is 0.307 e. The Labute approximate surface area is 61.6 Å². The lowest BCUT2D eigenvalue weighted by Crippen LogP contribution is -1.96. The van der Waals surface area contributed by atoms with E-state index in [1.54, 1.807) is 0 Å². The third-order valence-electron chi connectivity index (χ3n) is 1.68. The van der Waals surface area contributed by atoms with Gasteiger partial charge in [0.05, 0.1) is 6.42 Å². The molecule has 0 aromatic rings. The van der Waals surface area contributed by atoms with E-state index in [-0.39, 0.29) is 6.42 Å². The fourth-order valence-corrected chi connectivity index (χ4v) is 0.680. The molecular formula is C8H14O2. The van der Waals surface area contributed by atoms with E-state index in [1.165, 1.54) is 5.57 Å². The topological polar surface area (TPSA) is 37.3 Å². The van der Waals surface area contributed by atoms with Crippen molar-refractivity contribution in [2.24, 2.45) is 0 Å². The number of carboxylic acids is 1. The Hall–Kier alpha value is -0.790. The van der Waals surface area contributed by atoms with Gasteiger partial charge in [-0.2, -0.15) is 0 Å². The molecule has 0 unspecified atom stereocenters. The molecule has 1 N–H and O–H groups in total. The number of aliphatic carboxylic acids is 1. The van der Waals surface area contributed by atoms with Crippen LogP contribution in [0.3, 0.4) is 0 Å². The van der Waals surface area contributed by atoms with Crippen LogP contribution in [0.5, 0.6) is 0 Å². The van der Waals surface area contributed by atoms with E-state index in [0.29, 0.717) is 0 Å². The van der Waals surface area contributed by atoms with Crippen molar-refractivity contribution in [2.45, 2.75) is 33.6 Å². The Balaban J connectivity index is 4.04. The van der Waals surface area contributed by atoms with Crippen molar-refractivity contribution in [3.8, 4) is 0 Å². The number of carbonyl (C=O) groups is 1. The third kappa shape index (κ3) is 3.28. The molecule has 0 radical (unpaired) electrons. The molecule has 2 nitrogen and oxygen atoms in total. The zero-order chi connectivity index (χ0) is 8.15. The van der Waals surface area contributed by atoms with Crippen LogP contribution in [-0.2, 0) is 4.79 Å². The molecule has 0 amide bonds. The smallest absolute Gasteiger partial charge is 0.307 e. The Morgan fingerprint density at radius 2 is 1.80 bits per heavy atom. The van der Waals surface area contributed by atoms with E-state index in [1.807, 2.05) is 20.8 Å². The fraction of sp³-hybridized carbons (Fsp3) is 0.625. The lowest BCUT2D eigenvalue weighted by atomic mass is 10.1. The maximum absolute atomic E-state index is 10.2. The highest BCUT2D eigenvalue weighted by molar-refractivity contribution is 5.70. The molecule has 0 spiro atoms. The van der Waals surface area contributed by atoms with Crippen molar-refractivity contribution in [2.75, 3.05) is 0 Å². The van der Waals surface area contributed by atoms with Gasteiger partial charge in [-0.05, 0) is 20.3 Å². The minimum absolute atomic E-state index is 0.180. The van der Waals surface area contributed by atoms with Gasteiger partial charge in [0, 0.05) is 0 Å². The van der Waals surface area contributed by atoms with Crippen LogP contribution in [0.25, 0.3) is 0 Å². The van der Waals surface area contributed by atoms with Gasteiger partial charge in [0.1, 0.15) is 0 Å². The van der Waals surface area contributed by atoms with Gasteiger partial charge in [0.2, 0.25) is 0 Å². The predicted molar refractivity (Wildman–Crippen MR) is 40.9 cm³/mol. The summed E-state index contributed by atoms with van der Waals surface area (Å²) in [5, 5.41) is 8.39. The van der Waals surface area contributed by atoms with Crippen LogP contribution in [-0.4, -0.2) is 11.1 Å². The van der Waals surface area contributed by atoms with E-state index >= 15 is 0 Å². The summed E-state index contributed by atoms with van der Waals surface area (Å²) < 4.78 is 0. The van der Waals surface area contributed by atoms with Crippen molar-refractivity contribution in [1.82, 2.24) is 0 Å². The largest absolute Gasteiger partial charge is 0.481 e. The molecule has 0 aromatic heterocycles. The summed E-state index contributed by atoms with van der Waals surface area (Å²) in [5.74, 6) is -0.745. The summed E-state index contributed by atoms with van der Waals surface area (Å²) >= 11 is 0. The van der Waals surface area contributed by atoms with Crippen LogP contribution < -0.4 is 0 Å². The average molecular weight is 142 g/mol. The molecule has 0 rings (SSSR count).